The van der Waals surface area contributed by atoms with Gasteiger partial charge in [0.05, 0.1) is 0 Å². The molecule has 0 aliphatic heterocycles. The summed E-state index contributed by atoms with van der Waals surface area (Å²) in [6.07, 6.45) is 8.19. The van der Waals surface area contributed by atoms with Crippen LogP contribution in [0.5, 0.6) is 0 Å². The van der Waals surface area contributed by atoms with Crippen molar-refractivity contribution in [2.45, 2.75) is 6.54 Å². The van der Waals surface area contributed by atoms with E-state index in [1.165, 1.54) is 10.9 Å². The first kappa shape index (κ1) is 15.5. The molecule has 3 aromatic rings. The first-order valence-corrected chi connectivity index (χ1v) is 6.72. The quantitative estimate of drug-likeness (QED) is 0.388. The number of para-hydroxylation sites is 1. The normalized spacial score (nSPS) is 10.7. The van der Waals surface area contributed by atoms with Gasteiger partial charge in [0.1, 0.15) is 0 Å². The van der Waals surface area contributed by atoms with Crippen LogP contribution in [0, 0.1) is 0 Å². The molecule has 0 aliphatic rings. The van der Waals surface area contributed by atoms with Gasteiger partial charge in [-0.2, -0.15) is 4.57 Å². The van der Waals surface area contributed by atoms with E-state index in [-0.39, 0.29) is 24.0 Å². The van der Waals surface area contributed by atoms with Gasteiger partial charge in [-0.3, -0.25) is 0 Å². The molecule has 3 heteroatoms. The van der Waals surface area contributed by atoms with Crippen LogP contribution in [0.1, 0.15) is 11.4 Å². The highest BCUT2D eigenvalue weighted by atomic mass is 127. The van der Waals surface area contributed by atoms with Crippen LogP contribution in [0.2, 0.25) is 0 Å². The maximum absolute atomic E-state index is 3.79. The summed E-state index contributed by atoms with van der Waals surface area (Å²) < 4.78 is 2.16. The molecule has 0 radical (unpaired) electrons. The molecule has 0 amide bonds. The largest absolute Gasteiger partial charge is 1.00 e. The standard InChI is InChI=1S/C18H16N2.HI/c1-2-12-20-13-6-5-8-17(20)11-10-16-14-15-7-3-4-9-18(15)19-16;/h2-11,13-14H,1,12H2;1H. The van der Waals surface area contributed by atoms with Crippen molar-refractivity contribution in [3.8, 4) is 0 Å². The molecule has 1 N–H and O–H groups in total. The summed E-state index contributed by atoms with van der Waals surface area (Å²) in [5.74, 6) is 0. The maximum atomic E-state index is 3.79. The average Bonchev–Trinajstić information content (AvgIpc) is 2.89. The number of aromatic amines is 1. The summed E-state index contributed by atoms with van der Waals surface area (Å²) in [5, 5.41) is 1.24. The monoisotopic (exact) mass is 388 g/mol. The van der Waals surface area contributed by atoms with E-state index in [0.29, 0.717) is 0 Å². The average molecular weight is 388 g/mol. The lowest BCUT2D eigenvalue weighted by Gasteiger charge is -1.96. The van der Waals surface area contributed by atoms with E-state index in [0.717, 1.165) is 17.9 Å². The molecule has 106 valence electrons. The van der Waals surface area contributed by atoms with Crippen molar-refractivity contribution in [2.75, 3.05) is 0 Å². The number of halogens is 1. The summed E-state index contributed by atoms with van der Waals surface area (Å²) in [4.78, 5) is 3.40. The summed E-state index contributed by atoms with van der Waals surface area (Å²) in [6.45, 7) is 4.61. The van der Waals surface area contributed by atoms with Gasteiger partial charge >= 0.3 is 0 Å². The molecule has 1 aromatic carbocycles. The zero-order valence-electron chi connectivity index (χ0n) is 11.7. The molecular weight excluding hydrogens is 371 g/mol. The van der Waals surface area contributed by atoms with Gasteiger partial charge in [0.25, 0.3) is 0 Å². The lowest BCUT2D eigenvalue weighted by atomic mass is 10.2. The van der Waals surface area contributed by atoms with Gasteiger partial charge in [-0.05, 0) is 35.7 Å². The molecule has 2 heterocycles. The van der Waals surface area contributed by atoms with Crippen molar-refractivity contribution < 1.29 is 28.5 Å². The Labute approximate surface area is 141 Å². The van der Waals surface area contributed by atoms with Crippen molar-refractivity contribution in [1.82, 2.24) is 4.98 Å². The van der Waals surface area contributed by atoms with Crippen LogP contribution in [-0.2, 0) is 6.54 Å². The SMILES string of the molecule is C=CC[n+]1ccccc1/C=C/c1cc2ccccc2[nH]1.[I-]. The summed E-state index contributed by atoms with van der Waals surface area (Å²) >= 11 is 0. The highest BCUT2D eigenvalue weighted by Crippen LogP contribution is 2.16. The zero-order chi connectivity index (χ0) is 13.8. The minimum absolute atomic E-state index is 0. The number of hydrogen-bond donors (Lipinski definition) is 1. The Morgan fingerprint density at radius 2 is 1.86 bits per heavy atom. The van der Waals surface area contributed by atoms with E-state index in [9.17, 15) is 0 Å². The lowest BCUT2D eigenvalue weighted by molar-refractivity contribution is -0.688. The van der Waals surface area contributed by atoms with Crippen molar-refractivity contribution >= 4 is 23.1 Å². The third-order valence-corrected chi connectivity index (χ3v) is 3.29. The third kappa shape index (κ3) is 3.61. The number of rotatable bonds is 4. The number of fused-ring (bicyclic) bond motifs is 1. The molecule has 0 aliphatic carbocycles. The fourth-order valence-corrected chi connectivity index (χ4v) is 2.31. The molecule has 0 saturated heterocycles. The van der Waals surface area contributed by atoms with E-state index in [4.69, 9.17) is 0 Å². The van der Waals surface area contributed by atoms with Gasteiger partial charge in [0, 0.05) is 29.4 Å². The Bertz CT molecular complexity index is 738. The van der Waals surface area contributed by atoms with Crippen LogP contribution in [0.4, 0.5) is 0 Å². The van der Waals surface area contributed by atoms with Gasteiger partial charge < -0.3 is 29.0 Å². The summed E-state index contributed by atoms with van der Waals surface area (Å²) in [6, 6.07) is 16.6. The van der Waals surface area contributed by atoms with Gasteiger partial charge in [-0.15, -0.1) is 0 Å². The minimum atomic E-state index is 0. The Balaban J connectivity index is 0.00000161. The van der Waals surface area contributed by atoms with Gasteiger partial charge in [-0.25, -0.2) is 0 Å². The highest BCUT2D eigenvalue weighted by Gasteiger charge is 2.03. The molecule has 0 saturated carbocycles. The van der Waals surface area contributed by atoms with Crippen LogP contribution < -0.4 is 28.5 Å². The smallest absolute Gasteiger partial charge is 0.205 e. The highest BCUT2D eigenvalue weighted by molar-refractivity contribution is 5.83. The van der Waals surface area contributed by atoms with E-state index in [2.05, 4.69) is 64.8 Å². The molecule has 2 nitrogen and oxygen atoms in total. The first-order valence-electron chi connectivity index (χ1n) is 6.72. The molecule has 0 fully saturated rings. The van der Waals surface area contributed by atoms with Crippen molar-refractivity contribution in [1.29, 1.82) is 0 Å². The fraction of sp³-hybridized carbons (Fsp3) is 0.0556. The topological polar surface area (TPSA) is 19.7 Å². The molecule has 0 spiro atoms. The Morgan fingerprint density at radius 1 is 1.05 bits per heavy atom. The molecule has 0 bridgehead atoms. The number of aromatic nitrogens is 2. The Kier molecular flexibility index (Phi) is 5.33. The molecule has 0 atom stereocenters. The van der Waals surface area contributed by atoms with Crippen LogP contribution in [0.25, 0.3) is 23.1 Å². The van der Waals surface area contributed by atoms with Crippen molar-refractivity contribution in [3.63, 3.8) is 0 Å². The Hall–Kier alpha value is -1.88. The number of nitrogens with zero attached hydrogens (tertiary/aromatic N) is 1. The van der Waals surface area contributed by atoms with Crippen LogP contribution in [0.3, 0.4) is 0 Å². The second-order valence-electron chi connectivity index (χ2n) is 4.71. The lowest BCUT2D eigenvalue weighted by Crippen LogP contribution is -3.00. The summed E-state index contributed by atoms with van der Waals surface area (Å²) in [7, 11) is 0. The maximum Gasteiger partial charge on any atom is 0.205 e. The van der Waals surface area contributed by atoms with E-state index in [1.54, 1.807) is 0 Å². The molecule has 0 unspecified atom stereocenters. The van der Waals surface area contributed by atoms with Crippen molar-refractivity contribution in [2.24, 2.45) is 0 Å². The zero-order valence-corrected chi connectivity index (χ0v) is 13.8. The second kappa shape index (κ2) is 7.22. The summed E-state index contributed by atoms with van der Waals surface area (Å²) in [5.41, 5.74) is 3.44. The predicted molar refractivity (Wildman–Crippen MR) is 84.1 cm³/mol. The Morgan fingerprint density at radius 3 is 2.67 bits per heavy atom. The van der Waals surface area contributed by atoms with E-state index >= 15 is 0 Å². The number of hydrogen-bond acceptors (Lipinski definition) is 0. The number of nitrogens with one attached hydrogen (secondary N) is 1. The van der Waals surface area contributed by atoms with Crippen LogP contribution in [0.15, 0.2) is 67.4 Å². The molecular formula is C18H17IN2. The predicted octanol–water partition coefficient (Wildman–Crippen LogP) is 0.816. The second-order valence-corrected chi connectivity index (χ2v) is 4.71. The van der Waals surface area contributed by atoms with Gasteiger partial charge in [0.2, 0.25) is 5.69 Å². The number of pyridine rings is 1. The number of benzene rings is 1. The van der Waals surface area contributed by atoms with Crippen LogP contribution >= 0.6 is 0 Å². The van der Waals surface area contributed by atoms with E-state index < -0.39 is 0 Å². The molecule has 2 aromatic heterocycles. The molecule has 3 rings (SSSR count). The fourth-order valence-electron chi connectivity index (χ4n) is 2.31. The first-order chi connectivity index (χ1) is 9.86. The van der Waals surface area contributed by atoms with E-state index in [1.807, 2.05) is 24.3 Å². The minimum Gasteiger partial charge on any atom is -1.00 e. The third-order valence-electron chi connectivity index (χ3n) is 3.29. The van der Waals surface area contributed by atoms with Gasteiger partial charge in [0.15, 0.2) is 12.7 Å². The number of allylic oxidation sites excluding steroid dienone is 1. The van der Waals surface area contributed by atoms with Crippen LogP contribution in [-0.4, -0.2) is 4.98 Å². The number of H-pyrrole nitrogens is 1. The van der Waals surface area contributed by atoms with Crippen molar-refractivity contribution in [3.05, 3.63) is 78.8 Å². The molecule has 21 heavy (non-hydrogen) atoms. The van der Waals surface area contributed by atoms with Gasteiger partial charge in [-0.1, -0.05) is 24.8 Å².